The van der Waals surface area contributed by atoms with E-state index in [1.165, 1.54) is 14.2 Å². The smallest absolute Gasteiger partial charge is 0.313 e. The summed E-state index contributed by atoms with van der Waals surface area (Å²) in [6, 6.07) is 4.84. The first kappa shape index (κ1) is 15.8. The van der Waals surface area contributed by atoms with Crippen LogP contribution < -0.4 is 20.1 Å². The van der Waals surface area contributed by atoms with Crippen molar-refractivity contribution in [1.29, 1.82) is 0 Å². The molecule has 0 aliphatic carbocycles. The van der Waals surface area contributed by atoms with Crippen LogP contribution in [-0.4, -0.2) is 32.1 Å². The molecule has 0 heterocycles. The Kier molecular flexibility index (Phi) is 5.83. The number of hydrogen-bond acceptors (Lipinski definition) is 4. The van der Waals surface area contributed by atoms with E-state index in [1.807, 2.05) is 13.8 Å². The quantitative estimate of drug-likeness (QED) is 0.802. The molecule has 2 N–H and O–H groups in total. The first-order chi connectivity index (χ1) is 9.51. The Hall–Kier alpha value is -2.24. The van der Waals surface area contributed by atoms with Crippen molar-refractivity contribution in [3.8, 4) is 11.5 Å². The lowest BCUT2D eigenvalue weighted by Gasteiger charge is -2.12. The topological polar surface area (TPSA) is 76.7 Å². The Morgan fingerprint density at radius 3 is 2.35 bits per heavy atom. The monoisotopic (exact) mass is 280 g/mol. The van der Waals surface area contributed by atoms with Crippen LogP contribution in [-0.2, 0) is 9.59 Å². The number of nitrogens with one attached hydrogen (secondary N) is 2. The maximum Gasteiger partial charge on any atom is 0.313 e. The number of amides is 2. The van der Waals surface area contributed by atoms with E-state index in [-0.39, 0.29) is 6.04 Å². The fourth-order valence-electron chi connectivity index (χ4n) is 1.49. The second kappa shape index (κ2) is 7.37. The maximum atomic E-state index is 11.7. The minimum absolute atomic E-state index is 0.0429. The molecule has 0 aliphatic heterocycles. The van der Waals surface area contributed by atoms with Crippen LogP contribution in [0.1, 0.15) is 20.3 Å². The van der Waals surface area contributed by atoms with Gasteiger partial charge in [0.05, 0.1) is 14.2 Å². The number of benzene rings is 1. The molecule has 0 saturated heterocycles. The number of anilines is 1. The highest BCUT2D eigenvalue weighted by molar-refractivity contribution is 6.39. The molecule has 1 unspecified atom stereocenters. The van der Waals surface area contributed by atoms with Crippen molar-refractivity contribution in [2.45, 2.75) is 26.3 Å². The summed E-state index contributed by atoms with van der Waals surface area (Å²) in [7, 11) is 3.02. The number of carbonyl (C=O) groups is 2. The predicted molar refractivity (Wildman–Crippen MR) is 76.1 cm³/mol. The van der Waals surface area contributed by atoms with Gasteiger partial charge >= 0.3 is 11.8 Å². The van der Waals surface area contributed by atoms with E-state index in [0.29, 0.717) is 17.2 Å². The standard InChI is InChI=1S/C14H20N2O4/c1-5-9(2)15-13(17)14(18)16-10-6-7-11(19-3)12(8-10)20-4/h6-9H,5H2,1-4H3,(H,15,17)(H,16,18). The van der Waals surface area contributed by atoms with Gasteiger partial charge in [0.1, 0.15) is 0 Å². The average molecular weight is 280 g/mol. The van der Waals surface area contributed by atoms with Crippen LogP contribution in [0.15, 0.2) is 18.2 Å². The van der Waals surface area contributed by atoms with Gasteiger partial charge in [-0.3, -0.25) is 9.59 Å². The van der Waals surface area contributed by atoms with Crippen LogP contribution in [0.2, 0.25) is 0 Å². The Morgan fingerprint density at radius 2 is 1.80 bits per heavy atom. The molecule has 1 atom stereocenters. The first-order valence-corrected chi connectivity index (χ1v) is 6.35. The summed E-state index contributed by atoms with van der Waals surface area (Å²) in [6.07, 6.45) is 0.759. The number of hydrogen-bond donors (Lipinski definition) is 2. The number of carbonyl (C=O) groups excluding carboxylic acids is 2. The molecule has 0 aliphatic rings. The summed E-state index contributed by atoms with van der Waals surface area (Å²) in [5.41, 5.74) is 0.465. The third kappa shape index (κ3) is 4.15. The molecule has 110 valence electrons. The average Bonchev–Trinajstić information content (AvgIpc) is 2.46. The molecule has 0 aromatic heterocycles. The van der Waals surface area contributed by atoms with Gasteiger partial charge in [-0.15, -0.1) is 0 Å². The fraction of sp³-hybridized carbons (Fsp3) is 0.429. The Morgan fingerprint density at radius 1 is 1.15 bits per heavy atom. The minimum Gasteiger partial charge on any atom is -0.493 e. The second-order valence-corrected chi connectivity index (χ2v) is 4.31. The summed E-state index contributed by atoms with van der Waals surface area (Å²) >= 11 is 0. The largest absolute Gasteiger partial charge is 0.493 e. The van der Waals surface area contributed by atoms with Crippen LogP contribution >= 0.6 is 0 Å². The van der Waals surface area contributed by atoms with Crippen LogP contribution in [0.3, 0.4) is 0 Å². The van der Waals surface area contributed by atoms with E-state index in [9.17, 15) is 9.59 Å². The fourth-order valence-corrected chi connectivity index (χ4v) is 1.49. The molecule has 0 spiro atoms. The molecule has 1 aromatic carbocycles. The lowest BCUT2D eigenvalue weighted by Crippen LogP contribution is -2.40. The third-order valence-electron chi connectivity index (χ3n) is 2.84. The van der Waals surface area contributed by atoms with Crippen LogP contribution in [0.5, 0.6) is 11.5 Å². The molecule has 6 heteroatoms. The van der Waals surface area contributed by atoms with Gasteiger partial charge in [-0.1, -0.05) is 6.92 Å². The van der Waals surface area contributed by atoms with Gasteiger partial charge in [0.2, 0.25) is 0 Å². The normalized spacial score (nSPS) is 11.4. The molecule has 0 bridgehead atoms. The van der Waals surface area contributed by atoms with E-state index < -0.39 is 11.8 Å². The maximum absolute atomic E-state index is 11.7. The Balaban J connectivity index is 2.73. The highest BCUT2D eigenvalue weighted by atomic mass is 16.5. The van der Waals surface area contributed by atoms with Crippen molar-refractivity contribution in [1.82, 2.24) is 5.32 Å². The minimum atomic E-state index is -0.711. The Bertz CT molecular complexity index is 488. The predicted octanol–water partition coefficient (Wildman–Crippen LogP) is 1.56. The lowest BCUT2D eigenvalue weighted by molar-refractivity contribution is -0.136. The van der Waals surface area contributed by atoms with Gasteiger partial charge in [0, 0.05) is 17.8 Å². The zero-order chi connectivity index (χ0) is 15.1. The van der Waals surface area contributed by atoms with Crippen molar-refractivity contribution in [3.63, 3.8) is 0 Å². The van der Waals surface area contributed by atoms with Crippen molar-refractivity contribution in [2.75, 3.05) is 19.5 Å². The summed E-state index contributed by atoms with van der Waals surface area (Å²) in [5.74, 6) is -0.339. The van der Waals surface area contributed by atoms with E-state index in [4.69, 9.17) is 9.47 Å². The molecule has 0 fully saturated rings. The summed E-state index contributed by atoms with van der Waals surface area (Å²) < 4.78 is 10.2. The van der Waals surface area contributed by atoms with Crippen LogP contribution in [0.4, 0.5) is 5.69 Å². The molecule has 0 radical (unpaired) electrons. The number of rotatable bonds is 5. The van der Waals surface area contributed by atoms with Gasteiger partial charge in [-0.05, 0) is 25.5 Å². The van der Waals surface area contributed by atoms with Gasteiger partial charge < -0.3 is 20.1 Å². The molecule has 0 saturated carbocycles. The molecule has 20 heavy (non-hydrogen) atoms. The molecular formula is C14H20N2O4. The summed E-state index contributed by atoms with van der Waals surface area (Å²) in [5, 5.41) is 5.10. The first-order valence-electron chi connectivity index (χ1n) is 6.35. The van der Waals surface area contributed by atoms with Gasteiger partial charge in [0.15, 0.2) is 11.5 Å². The van der Waals surface area contributed by atoms with E-state index in [0.717, 1.165) is 6.42 Å². The zero-order valence-electron chi connectivity index (χ0n) is 12.1. The molecular weight excluding hydrogens is 260 g/mol. The number of ether oxygens (including phenoxy) is 2. The third-order valence-corrected chi connectivity index (χ3v) is 2.84. The molecule has 1 aromatic rings. The van der Waals surface area contributed by atoms with E-state index >= 15 is 0 Å². The molecule has 6 nitrogen and oxygen atoms in total. The van der Waals surface area contributed by atoms with Gasteiger partial charge in [-0.25, -0.2) is 0 Å². The zero-order valence-corrected chi connectivity index (χ0v) is 12.1. The lowest BCUT2D eigenvalue weighted by atomic mass is 10.2. The Labute approximate surface area is 118 Å². The molecule has 1 rings (SSSR count). The van der Waals surface area contributed by atoms with E-state index in [2.05, 4.69) is 10.6 Å². The highest BCUT2D eigenvalue weighted by Gasteiger charge is 2.16. The van der Waals surface area contributed by atoms with Crippen molar-refractivity contribution >= 4 is 17.5 Å². The number of methoxy groups -OCH3 is 2. The van der Waals surface area contributed by atoms with Crippen LogP contribution in [0, 0.1) is 0 Å². The van der Waals surface area contributed by atoms with Crippen molar-refractivity contribution in [2.24, 2.45) is 0 Å². The van der Waals surface area contributed by atoms with Crippen LogP contribution in [0.25, 0.3) is 0 Å². The SMILES string of the molecule is CCC(C)NC(=O)C(=O)Nc1ccc(OC)c(OC)c1. The van der Waals surface area contributed by atoms with Gasteiger partial charge in [-0.2, -0.15) is 0 Å². The summed E-state index contributed by atoms with van der Waals surface area (Å²) in [4.78, 5) is 23.3. The second-order valence-electron chi connectivity index (χ2n) is 4.31. The summed E-state index contributed by atoms with van der Waals surface area (Å²) in [6.45, 7) is 3.76. The van der Waals surface area contributed by atoms with E-state index in [1.54, 1.807) is 18.2 Å². The molecule has 2 amide bonds. The van der Waals surface area contributed by atoms with Crippen molar-refractivity contribution < 1.29 is 19.1 Å². The van der Waals surface area contributed by atoms with Gasteiger partial charge in [0.25, 0.3) is 0 Å². The highest BCUT2D eigenvalue weighted by Crippen LogP contribution is 2.29. The van der Waals surface area contributed by atoms with Crippen molar-refractivity contribution in [3.05, 3.63) is 18.2 Å².